The number of rotatable bonds is 7. The van der Waals surface area contributed by atoms with Gasteiger partial charge in [-0.1, -0.05) is 17.7 Å². The van der Waals surface area contributed by atoms with Crippen molar-refractivity contribution in [1.82, 2.24) is 0 Å². The molecule has 192 valence electrons. The molecule has 0 unspecified atom stereocenters. The van der Waals surface area contributed by atoms with Gasteiger partial charge in [-0.15, -0.1) is 11.8 Å². The van der Waals surface area contributed by atoms with E-state index < -0.39 is 62.4 Å². The Morgan fingerprint density at radius 1 is 0.861 bits per heavy atom. The number of amides is 1. The number of nitrogens with one attached hydrogen (secondary N) is 2. The third-order valence-corrected chi connectivity index (χ3v) is 7.03. The highest BCUT2D eigenvalue weighted by Crippen LogP contribution is 2.38. The molecule has 0 aliphatic carbocycles. The summed E-state index contributed by atoms with van der Waals surface area (Å²) in [5.74, 6) is -11.9. The molecule has 0 radical (unpaired) electrons. The number of carbonyl (C=O) groups is 1. The van der Waals surface area contributed by atoms with Crippen LogP contribution in [0.2, 0.25) is 0 Å². The second-order valence-corrected chi connectivity index (χ2v) is 10.0. The molecule has 0 heterocycles. The molecule has 0 atom stereocenters. The van der Waals surface area contributed by atoms with Crippen LogP contribution in [0.15, 0.2) is 58.3 Å². The van der Waals surface area contributed by atoms with Gasteiger partial charge in [-0.25, -0.2) is 26.0 Å². The summed E-state index contributed by atoms with van der Waals surface area (Å²) in [6.07, 6.45) is -5.70. The first-order chi connectivity index (χ1) is 16.7. The molecule has 0 saturated heterocycles. The van der Waals surface area contributed by atoms with Gasteiger partial charge in [0.15, 0.2) is 23.3 Å². The highest BCUT2D eigenvalue weighted by atomic mass is 32.2. The van der Waals surface area contributed by atoms with E-state index in [1.54, 1.807) is 19.1 Å². The predicted molar refractivity (Wildman–Crippen MR) is 119 cm³/mol. The van der Waals surface area contributed by atoms with Crippen LogP contribution >= 0.6 is 11.8 Å². The zero-order valence-electron chi connectivity index (χ0n) is 18.0. The number of alkyl halides is 3. The number of thioether (sulfide) groups is 1. The van der Waals surface area contributed by atoms with E-state index >= 15 is 0 Å². The highest BCUT2D eigenvalue weighted by molar-refractivity contribution is 8.00. The molecular formula is C22H15F7N2O3S2. The lowest BCUT2D eigenvalue weighted by Gasteiger charge is -2.14. The van der Waals surface area contributed by atoms with Crippen molar-refractivity contribution >= 4 is 39.1 Å². The minimum absolute atomic E-state index is 0.0406. The third-order valence-electron chi connectivity index (χ3n) is 4.62. The topological polar surface area (TPSA) is 75.3 Å². The largest absolute Gasteiger partial charge is 0.422 e. The van der Waals surface area contributed by atoms with E-state index in [9.17, 15) is 43.9 Å². The van der Waals surface area contributed by atoms with Crippen molar-refractivity contribution in [2.75, 3.05) is 15.8 Å². The molecule has 0 bridgehead atoms. The van der Waals surface area contributed by atoms with Crippen LogP contribution in [0.25, 0.3) is 0 Å². The minimum Gasteiger partial charge on any atom is -0.320 e. The van der Waals surface area contributed by atoms with Gasteiger partial charge in [0.2, 0.25) is 5.91 Å². The van der Waals surface area contributed by atoms with Gasteiger partial charge < -0.3 is 5.32 Å². The van der Waals surface area contributed by atoms with E-state index in [2.05, 4.69) is 4.72 Å². The molecule has 0 spiro atoms. The Morgan fingerprint density at radius 2 is 1.39 bits per heavy atom. The lowest BCUT2D eigenvalue weighted by Crippen LogP contribution is -2.21. The van der Waals surface area contributed by atoms with Crippen LogP contribution in [0.5, 0.6) is 0 Å². The van der Waals surface area contributed by atoms with Crippen molar-refractivity contribution in [2.45, 2.75) is 22.9 Å². The zero-order valence-corrected chi connectivity index (χ0v) is 19.6. The van der Waals surface area contributed by atoms with Crippen molar-refractivity contribution in [3.05, 3.63) is 82.9 Å². The van der Waals surface area contributed by atoms with Gasteiger partial charge in [-0.2, -0.15) is 13.2 Å². The Kier molecular flexibility index (Phi) is 7.88. The van der Waals surface area contributed by atoms with E-state index in [4.69, 9.17) is 0 Å². The maximum Gasteiger partial charge on any atom is 0.422 e. The summed E-state index contributed by atoms with van der Waals surface area (Å²) >= 11 is 0.798. The summed E-state index contributed by atoms with van der Waals surface area (Å²) in [4.78, 5) is 12.4. The normalized spacial score (nSPS) is 11.9. The number of aryl methyl sites for hydroxylation is 1. The van der Waals surface area contributed by atoms with Crippen molar-refractivity contribution in [2.24, 2.45) is 0 Å². The molecule has 0 saturated carbocycles. The molecule has 5 nitrogen and oxygen atoms in total. The summed E-state index contributed by atoms with van der Waals surface area (Å²) in [6.45, 7) is 1.80. The lowest BCUT2D eigenvalue weighted by atomic mass is 10.1. The predicted octanol–water partition coefficient (Wildman–Crippen LogP) is 6.10. The van der Waals surface area contributed by atoms with Gasteiger partial charge in [-0.3, -0.25) is 9.52 Å². The van der Waals surface area contributed by atoms with Crippen LogP contribution in [0.1, 0.15) is 11.1 Å². The van der Waals surface area contributed by atoms with Crippen LogP contribution in [0.4, 0.5) is 42.1 Å². The zero-order chi connectivity index (χ0) is 26.8. The molecule has 0 aliphatic rings. The monoisotopic (exact) mass is 552 g/mol. The summed E-state index contributed by atoms with van der Waals surface area (Å²) in [5.41, 5.74) is -3.37. The second kappa shape index (κ2) is 10.4. The van der Waals surface area contributed by atoms with Crippen molar-refractivity contribution in [3.8, 4) is 0 Å². The highest BCUT2D eigenvalue weighted by Gasteiger charge is 2.42. The first-order valence-electron chi connectivity index (χ1n) is 9.76. The first-order valence-corrected chi connectivity index (χ1v) is 12.2. The summed E-state index contributed by atoms with van der Waals surface area (Å²) in [5, 5.41) is 1.52. The number of hydrogen-bond acceptors (Lipinski definition) is 4. The Bertz CT molecular complexity index is 1360. The van der Waals surface area contributed by atoms with E-state index in [0.717, 1.165) is 17.3 Å². The lowest BCUT2D eigenvalue weighted by molar-refractivity contribution is -0.143. The van der Waals surface area contributed by atoms with Crippen LogP contribution in [-0.2, 0) is 21.0 Å². The van der Waals surface area contributed by atoms with Gasteiger partial charge in [-0.05, 0) is 43.3 Å². The summed E-state index contributed by atoms with van der Waals surface area (Å²) in [6, 6.07) is 11.7. The Labute approximate surface area is 204 Å². The molecule has 14 heteroatoms. The van der Waals surface area contributed by atoms with E-state index in [-0.39, 0.29) is 10.6 Å². The molecule has 36 heavy (non-hydrogen) atoms. The standard InChI is InChI=1S/C22H15F7N2O3S2/c1-11-2-8-14(9-3-11)36(33,34)31-12-4-6-13(7-5-12)35-10-15(32)30-21-19(25)17(23)16(22(27,28)29)18(24)20(21)26/h2-9,31H,10H2,1H3,(H,30,32). The van der Waals surface area contributed by atoms with E-state index in [0.29, 0.717) is 4.90 Å². The number of sulfonamides is 1. The van der Waals surface area contributed by atoms with Crippen molar-refractivity contribution < 1.29 is 43.9 Å². The Hall–Kier alpha value is -3.26. The fourth-order valence-electron chi connectivity index (χ4n) is 2.87. The molecule has 1 amide bonds. The number of carbonyl (C=O) groups excluding carboxylic acids is 1. The fraction of sp³-hybridized carbons (Fsp3) is 0.136. The molecule has 0 fully saturated rings. The average Bonchev–Trinajstić information content (AvgIpc) is 2.79. The summed E-state index contributed by atoms with van der Waals surface area (Å²) < 4.78 is 120. The Morgan fingerprint density at radius 3 is 1.89 bits per heavy atom. The van der Waals surface area contributed by atoms with Crippen LogP contribution in [0.3, 0.4) is 0 Å². The van der Waals surface area contributed by atoms with E-state index in [1.807, 2.05) is 0 Å². The van der Waals surface area contributed by atoms with Gasteiger partial charge in [0.05, 0.1) is 10.6 Å². The fourth-order valence-corrected chi connectivity index (χ4v) is 4.62. The number of anilines is 2. The molecule has 3 aromatic carbocycles. The average molecular weight is 552 g/mol. The number of benzene rings is 3. The van der Waals surface area contributed by atoms with Crippen LogP contribution < -0.4 is 10.0 Å². The summed E-state index contributed by atoms with van der Waals surface area (Å²) in [7, 11) is -3.85. The molecule has 3 rings (SSSR count). The molecule has 0 aromatic heterocycles. The van der Waals surface area contributed by atoms with Crippen molar-refractivity contribution in [1.29, 1.82) is 0 Å². The van der Waals surface area contributed by atoms with Gasteiger partial charge in [0.1, 0.15) is 11.3 Å². The van der Waals surface area contributed by atoms with Crippen LogP contribution in [0, 0.1) is 30.2 Å². The van der Waals surface area contributed by atoms with Gasteiger partial charge in [0, 0.05) is 10.6 Å². The molecule has 2 N–H and O–H groups in total. The smallest absolute Gasteiger partial charge is 0.320 e. The Balaban J connectivity index is 1.65. The maximum atomic E-state index is 13.9. The third kappa shape index (κ3) is 6.10. The quantitative estimate of drug-likeness (QED) is 0.211. The SMILES string of the molecule is Cc1ccc(S(=O)(=O)Nc2ccc(SCC(=O)Nc3c(F)c(F)c(C(F)(F)F)c(F)c3F)cc2)cc1. The molecule has 0 aliphatic heterocycles. The molecule has 3 aromatic rings. The maximum absolute atomic E-state index is 13.9. The number of hydrogen-bond donors (Lipinski definition) is 2. The molecular weight excluding hydrogens is 537 g/mol. The first kappa shape index (κ1) is 27.3. The second-order valence-electron chi connectivity index (χ2n) is 7.28. The van der Waals surface area contributed by atoms with Crippen LogP contribution in [-0.4, -0.2) is 20.1 Å². The van der Waals surface area contributed by atoms with E-state index in [1.165, 1.54) is 41.7 Å². The van der Waals surface area contributed by atoms with Crippen molar-refractivity contribution in [3.63, 3.8) is 0 Å². The van der Waals surface area contributed by atoms with Gasteiger partial charge >= 0.3 is 6.18 Å². The van der Waals surface area contributed by atoms with Gasteiger partial charge in [0.25, 0.3) is 10.0 Å². The number of halogens is 7. The minimum atomic E-state index is -5.70.